The molecule has 0 aliphatic heterocycles. The Hall–Kier alpha value is -2.17. The molecule has 1 saturated carbocycles. The van der Waals surface area contributed by atoms with Crippen molar-refractivity contribution in [1.29, 1.82) is 0 Å². The molecule has 0 bridgehead atoms. The summed E-state index contributed by atoms with van der Waals surface area (Å²) < 4.78 is 14.9. The van der Waals surface area contributed by atoms with Crippen molar-refractivity contribution >= 4 is 5.82 Å². The highest BCUT2D eigenvalue weighted by molar-refractivity contribution is 5.36. The van der Waals surface area contributed by atoms with Gasteiger partial charge in [0.05, 0.1) is 6.04 Å². The second-order valence-electron chi connectivity index (χ2n) is 5.14. The van der Waals surface area contributed by atoms with Gasteiger partial charge in [0, 0.05) is 18.4 Å². The molecule has 20 heavy (non-hydrogen) atoms. The number of hydrogen-bond donors (Lipinski definition) is 1. The minimum absolute atomic E-state index is 0.113. The van der Waals surface area contributed by atoms with Crippen LogP contribution in [0.5, 0.6) is 0 Å². The van der Waals surface area contributed by atoms with E-state index in [9.17, 15) is 9.18 Å². The summed E-state index contributed by atoms with van der Waals surface area (Å²) in [4.78, 5) is 16.3. The number of nitrogens with one attached hydrogen (secondary N) is 1. The van der Waals surface area contributed by atoms with E-state index in [0.29, 0.717) is 11.9 Å². The predicted octanol–water partition coefficient (Wildman–Crippen LogP) is 2.89. The van der Waals surface area contributed by atoms with Gasteiger partial charge in [-0.1, -0.05) is 12.1 Å². The molecule has 1 aromatic carbocycles. The van der Waals surface area contributed by atoms with Gasteiger partial charge in [0.1, 0.15) is 5.82 Å². The lowest BCUT2D eigenvalue weighted by Gasteiger charge is -2.15. The summed E-state index contributed by atoms with van der Waals surface area (Å²) in [6.07, 6.45) is 5.43. The van der Waals surface area contributed by atoms with Crippen LogP contribution in [0.25, 0.3) is 0 Å². The van der Waals surface area contributed by atoms with Gasteiger partial charge in [0.15, 0.2) is 5.82 Å². The van der Waals surface area contributed by atoms with E-state index in [2.05, 4.69) is 10.3 Å². The first-order chi connectivity index (χ1) is 9.65. The number of halogens is 1. The molecule has 104 valence electrons. The Labute approximate surface area is 116 Å². The highest BCUT2D eigenvalue weighted by Crippen LogP contribution is 2.33. The third kappa shape index (κ3) is 2.57. The topological polar surface area (TPSA) is 46.9 Å². The SMILES string of the molecule is CC(Nc1nccn(C2CC2)c1=O)c1cccc(F)c1. The summed E-state index contributed by atoms with van der Waals surface area (Å²) in [6, 6.07) is 6.47. The molecule has 0 saturated heterocycles. The molecule has 4 nitrogen and oxygen atoms in total. The highest BCUT2D eigenvalue weighted by atomic mass is 19.1. The highest BCUT2D eigenvalue weighted by Gasteiger charge is 2.25. The first-order valence-electron chi connectivity index (χ1n) is 6.74. The molecule has 1 heterocycles. The van der Waals surface area contributed by atoms with Crippen molar-refractivity contribution in [3.63, 3.8) is 0 Å². The average Bonchev–Trinajstić information content (AvgIpc) is 3.25. The van der Waals surface area contributed by atoms with Crippen LogP contribution in [0.4, 0.5) is 10.2 Å². The number of benzene rings is 1. The molecule has 0 radical (unpaired) electrons. The Morgan fingerprint density at radius 2 is 2.25 bits per heavy atom. The number of anilines is 1. The Morgan fingerprint density at radius 1 is 1.45 bits per heavy atom. The van der Waals surface area contributed by atoms with Crippen molar-refractivity contribution in [2.24, 2.45) is 0 Å². The zero-order valence-electron chi connectivity index (χ0n) is 11.2. The van der Waals surface area contributed by atoms with Gasteiger partial charge in [-0.05, 0) is 37.5 Å². The smallest absolute Gasteiger partial charge is 0.293 e. The van der Waals surface area contributed by atoms with Crippen molar-refractivity contribution in [3.8, 4) is 0 Å². The van der Waals surface area contributed by atoms with Crippen LogP contribution in [0.2, 0.25) is 0 Å². The predicted molar refractivity (Wildman–Crippen MR) is 75.2 cm³/mol. The van der Waals surface area contributed by atoms with Gasteiger partial charge in [0.2, 0.25) is 0 Å². The van der Waals surface area contributed by atoms with Crippen molar-refractivity contribution in [2.75, 3.05) is 5.32 Å². The van der Waals surface area contributed by atoms with Crippen LogP contribution in [0.15, 0.2) is 41.5 Å². The molecule has 5 heteroatoms. The largest absolute Gasteiger partial charge is 0.359 e. The number of nitrogens with zero attached hydrogens (tertiary/aromatic N) is 2. The molecule has 0 amide bonds. The molecule has 3 rings (SSSR count). The van der Waals surface area contributed by atoms with E-state index in [-0.39, 0.29) is 17.4 Å². The Morgan fingerprint density at radius 3 is 2.95 bits per heavy atom. The van der Waals surface area contributed by atoms with Crippen LogP contribution in [-0.2, 0) is 0 Å². The lowest BCUT2D eigenvalue weighted by Crippen LogP contribution is -2.24. The normalized spacial score (nSPS) is 15.9. The standard InChI is InChI=1S/C15H16FN3O/c1-10(11-3-2-4-12(16)9-11)18-14-15(20)19(8-7-17-14)13-5-6-13/h2-4,7-10,13H,5-6H2,1H3,(H,17,18). The Balaban J connectivity index is 1.84. The third-order valence-electron chi connectivity index (χ3n) is 3.51. The van der Waals surface area contributed by atoms with Gasteiger partial charge in [-0.25, -0.2) is 9.37 Å². The molecule has 1 atom stereocenters. The van der Waals surface area contributed by atoms with Crippen LogP contribution in [-0.4, -0.2) is 9.55 Å². The van der Waals surface area contributed by atoms with Crippen LogP contribution >= 0.6 is 0 Å². The van der Waals surface area contributed by atoms with Crippen molar-refractivity contribution in [1.82, 2.24) is 9.55 Å². The number of aromatic nitrogens is 2. The molecule has 1 unspecified atom stereocenters. The van der Waals surface area contributed by atoms with Gasteiger partial charge in [-0.15, -0.1) is 0 Å². The summed E-state index contributed by atoms with van der Waals surface area (Å²) in [5.74, 6) is 0.0312. The maximum atomic E-state index is 13.2. The van der Waals surface area contributed by atoms with Crippen LogP contribution in [0, 0.1) is 5.82 Å². The molecule has 1 aliphatic carbocycles. The molecular weight excluding hydrogens is 257 g/mol. The van der Waals surface area contributed by atoms with Crippen molar-refractivity contribution in [2.45, 2.75) is 31.8 Å². The molecule has 0 spiro atoms. The molecule has 1 fully saturated rings. The Bertz CT molecular complexity index is 679. The Kier molecular flexibility index (Phi) is 3.26. The second-order valence-corrected chi connectivity index (χ2v) is 5.14. The van der Waals surface area contributed by atoms with E-state index in [4.69, 9.17) is 0 Å². The summed E-state index contributed by atoms with van der Waals surface area (Å²) in [6.45, 7) is 1.88. The minimum atomic E-state index is -0.285. The van der Waals surface area contributed by atoms with E-state index >= 15 is 0 Å². The van der Waals surface area contributed by atoms with Crippen LogP contribution in [0.3, 0.4) is 0 Å². The average molecular weight is 273 g/mol. The molecule has 1 aliphatic rings. The third-order valence-corrected chi connectivity index (χ3v) is 3.51. The fraction of sp³-hybridized carbons (Fsp3) is 0.333. The maximum absolute atomic E-state index is 13.2. The lowest BCUT2D eigenvalue weighted by molar-refractivity contribution is 0.623. The van der Waals surface area contributed by atoms with E-state index in [1.165, 1.54) is 12.1 Å². The van der Waals surface area contributed by atoms with E-state index < -0.39 is 0 Å². The first-order valence-corrected chi connectivity index (χ1v) is 6.74. The van der Waals surface area contributed by atoms with E-state index in [0.717, 1.165) is 18.4 Å². The van der Waals surface area contributed by atoms with Crippen LogP contribution in [0.1, 0.15) is 37.4 Å². The lowest BCUT2D eigenvalue weighted by atomic mass is 10.1. The van der Waals surface area contributed by atoms with E-state index in [1.54, 1.807) is 23.0 Å². The van der Waals surface area contributed by atoms with Gasteiger partial charge in [0.25, 0.3) is 5.56 Å². The summed E-state index contributed by atoms with van der Waals surface area (Å²) in [5.41, 5.74) is 0.672. The van der Waals surface area contributed by atoms with Gasteiger partial charge >= 0.3 is 0 Å². The fourth-order valence-corrected chi connectivity index (χ4v) is 2.23. The fourth-order valence-electron chi connectivity index (χ4n) is 2.23. The molecule has 2 aromatic rings. The summed E-state index contributed by atoms with van der Waals surface area (Å²) in [7, 11) is 0. The minimum Gasteiger partial charge on any atom is -0.359 e. The molecular formula is C15H16FN3O. The second kappa shape index (κ2) is 5.07. The van der Waals surface area contributed by atoms with Gasteiger partial charge in [-0.3, -0.25) is 4.79 Å². The quantitative estimate of drug-likeness (QED) is 0.931. The van der Waals surface area contributed by atoms with Crippen molar-refractivity contribution in [3.05, 3.63) is 58.4 Å². The van der Waals surface area contributed by atoms with Gasteiger partial charge < -0.3 is 9.88 Å². The zero-order chi connectivity index (χ0) is 14.1. The van der Waals surface area contributed by atoms with Gasteiger partial charge in [-0.2, -0.15) is 0 Å². The monoisotopic (exact) mass is 273 g/mol. The van der Waals surface area contributed by atoms with Crippen molar-refractivity contribution < 1.29 is 4.39 Å². The maximum Gasteiger partial charge on any atom is 0.293 e. The first kappa shape index (κ1) is 12.8. The van der Waals surface area contributed by atoms with E-state index in [1.807, 2.05) is 13.0 Å². The summed E-state index contributed by atoms with van der Waals surface area (Å²) >= 11 is 0. The summed E-state index contributed by atoms with van der Waals surface area (Å²) in [5, 5.41) is 3.07. The molecule has 1 aromatic heterocycles. The van der Waals surface area contributed by atoms with Crippen LogP contribution < -0.4 is 10.9 Å². The zero-order valence-corrected chi connectivity index (χ0v) is 11.2. The molecule has 1 N–H and O–H groups in total. The number of rotatable bonds is 4. The number of hydrogen-bond acceptors (Lipinski definition) is 3.